The third-order valence-electron chi connectivity index (χ3n) is 3.28. The maximum Gasteiger partial charge on any atom is 0.271 e. The third-order valence-corrected chi connectivity index (χ3v) is 5.15. The van der Waals surface area contributed by atoms with Crippen molar-refractivity contribution in [1.82, 2.24) is 14.7 Å². The first-order valence-corrected chi connectivity index (χ1v) is 9.13. The van der Waals surface area contributed by atoms with E-state index < -0.39 is 5.91 Å². The van der Waals surface area contributed by atoms with E-state index in [1.807, 2.05) is 0 Å². The molecular weight excluding hydrogens is 349 g/mol. The number of thiazole rings is 1. The number of fused-ring (bicyclic) bond motifs is 1. The van der Waals surface area contributed by atoms with Crippen LogP contribution in [0.15, 0.2) is 51.7 Å². The van der Waals surface area contributed by atoms with Gasteiger partial charge in [0.1, 0.15) is 11.4 Å². The summed E-state index contributed by atoms with van der Waals surface area (Å²) < 4.78 is 14.2. The summed E-state index contributed by atoms with van der Waals surface area (Å²) in [4.78, 5) is 29.9. The second-order valence-electron chi connectivity index (χ2n) is 4.94. The average molecular weight is 363 g/mol. The first kappa shape index (κ1) is 16.7. The van der Waals surface area contributed by atoms with Crippen LogP contribution in [-0.2, 0) is 0 Å². The van der Waals surface area contributed by atoms with Gasteiger partial charge < -0.3 is 5.32 Å². The molecule has 0 saturated carbocycles. The molecular formula is C16H14FN3O2S2. The number of thioether (sulfide) groups is 1. The van der Waals surface area contributed by atoms with E-state index in [1.165, 1.54) is 34.1 Å². The number of nitrogens with one attached hydrogen (secondary N) is 1. The Kier molecular flexibility index (Phi) is 5.27. The molecule has 24 heavy (non-hydrogen) atoms. The first-order chi connectivity index (χ1) is 11.6. The summed E-state index contributed by atoms with van der Waals surface area (Å²) in [5, 5.41) is 4.48. The maximum atomic E-state index is 12.8. The van der Waals surface area contributed by atoms with Crippen molar-refractivity contribution in [3.8, 4) is 0 Å². The standard InChI is InChI=1S/C16H14FN3O2S2/c17-11-2-4-12(5-3-11)23-8-1-6-18-14(21)13-10-19-16-20(15(13)22)7-9-24-16/h2-5,7,9-10H,1,6,8H2,(H,18,21). The largest absolute Gasteiger partial charge is 0.352 e. The number of hydrogen-bond donors (Lipinski definition) is 1. The van der Waals surface area contributed by atoms with Gasteiger partial charge in [0.15, 0.2) is 4.96 Å². The molecule has 0 aliphatic rings. The molecule has 0 radical (unpaired) electrons. The van der Waals surface area contributed by atoms with Gasteiger partial charge in [-0.3, -0.25) is 14.0 Å². The molecule has 3 aromatic rings. The Hall–Kier alpha value is -2.19. The number of halogens is 1. The zero-order valence-corrected chi connectivity index (χ0v) is 14.2. The Labute approximate surface area is 145 Å². The zero-order valence-electron chi connectivity index (χ0n) is 12.6. The minimum absolute atomic E-state index is 0.0390. The molecule has 2 heterocycles. The summed E-state index contributed by atoms with van der Waals surface area (Å²) in [7, 11) is 0. The second-order valence-corrected chi connectivity index (χ2v) is 6.99. The number of aromatic nitrogens is 2. The van der Waals surface area contributed by atoms with Crippen molar-refractivity contribution in [2.45, 2.75) is 11.3 Å². The van der Waals surface area contributed by atoms with E-state index in [1.54, 1.807) is 35.5 Å². The molecule has 1 aromatic carbocycles. The minimum atomic E-state index is -0.417. The predicted molar refractivity (Wildman–Crippen MR) is 93.4 cm³/mol. The number of nitrogens with zero attached hydrogens (tertiary/aromatic N) is 2. The molecule has 0 aliphatic carbocycles. The van der Waals surface area contributed by atoms with Gasteiger partial charge >= 0.3 is 0 Å². The molecule has 8 heteroatoms. The first-order valence-electron chi connectivity index (χ1n) is 7.26. The van der Waals surface area contributed by atoms with Crippen molar-refractivity contribution in [1.29, 1.82) is 0 Å². The van der Waals surface area contributed by atoms with Gasteiger partial charge in [-0.2, -0.15) is 0 Å². The molecule has 0 saturated heterocycles. The number of amides is 1. The Bertz CT molecular complexity index is 906. The lowest BCUT2D eigenvalue weighted by Gasteiger charge is -2.05. The molecule has 0 bridgehead atoms. The summed E-state index contributed by atoms with van der Waals surface area (Å²) in [5.41, 5.74) is -0.323. The van der Waals surface area contributed by atoms with Gasteiger partial charge in [0.25, 0.3) is 11.5 Å². The normalized spacial score (nSPS) is 10.9. The molecule has 0 atom stereocenters. The van der Waals surface area contributed by atoms with Crippen molar-refractivity contribution >= 4 is 34.0 Å². The molecule has 2 aromatic heterocycles. The van der Waals surface area contributed by atoms with Crippen LogP contribution in [0.5, 0.6) is 0 Å². The van der Waals surface area contributed by atoms with Crippen LogP contribution < -0.4 is 10.9 Å². The van der Waals surface area contributed by atoms with Gasteiger partial charge in [-0.1, -0.05) is 0 Å². The quantitative estimate of drug-likeness (QED) is 0.540. The summed E-state index contributed by atoms with van der Waals surface area (Å²) >= 11 is 2.93. The van der Waals surface area contributed by atoms with E-state index in [2.05, 4.69) is 10.3 Å². The highest BCUT2D eigenvalue weighted by molar-refractivity contribution is 7.99. The minimum Gasteiger partial charge on any atom is -0.352 e. The van der Waals surface area contributed by atoms with Crippen molar-refractivity contribution in [2.75, 3.05) is 12.3 Å². The molecule has 5 nitrogen and oxygen atoms in total. The van der Waals surface area contributed by atoms with E-state index >= 15 is 0 Å². The van der Waals surface area contributed by atoms with Gasteiger partial charge in [-0.25, -0.2) is 9.37 Å². The molecule has 1 amide bonds. The van der Waals surface area contributed by atoms with Crippen LogP contribution in [-0.4, -0.2) is 27.6 Å². The molecule has 124 valence electrons. The average Bonchev–Trinajstić information content (AvgIpc) is 3.06. The van der Waals surface area contributed by atoms with Crippen molar-refractivity contribution in [3.05, 3.63) is 63.8 Å². The maximum absolute atomic E-state index is 12.8. The topological polar surface area (TPSA) is 63.5 Å². The van der Waals surface area contributed by atoms with E-state index in [4.69, 9.17) is 0 Å². The summed E-state index contributed by atoms with van der Waals surface area (Å²) in [6.07, 6.45) is 3.66. The molecule has 0 spiro atoms. The highest BCUT2D eigenvalue weighted by Crippen LogP contribution is 2.18. The van der Waals surface area contributed by atoms with Gasteiger partial charge in [0.2, 0.25) is 0 Å². The fraction of sp³-hybridized carbons (Fsp3) is 0.188. The lowest BCUT2D eigenvalue weighted by atomic mass is 10.3. The van der Waals surface area contributed by atoms with E-state index in [0.29, 0.717) is 11.5 Å². The van der Waals surface area contributed by atoms with Crippen LogP contribution in [0.4, 0.5) is 4.39 Å². The number of carbonyl (C=O) groups is 1. The van der Waals surface area contributed by atoms with E-state index in [0.717, 1.165) is 17.1 Å². The SMILES string of the molecule is O=C(NCCCSc1ccc(F)cc1)c1cnc2sccn2c1=O. The van der Waals surface area contributed by atoms with Crippen molar-refractivity contribution in [3.63, 3.8) is 0 Å². The van der Waals surface area contributed by atoms with Crippen LogP contribution in [0.2, 0.25) is 0 Å². The van der Waals surface area contributed by atoms with E-state index in [-0.39, 0.29) is 16.9 Å². The monoisotopic (exact) mass is 363 g/mol. The smallest absolute Gasteiger partial charge is 0.271 e. The summed E-state index contributed by atoms with van der Waals surface area (Å²) in [6, 6.07) is 6.29. The number of rotatable bonds is 6. The van der Waals surface area contributed by atoms with Crippen LogP contribution in [0.25, 0.3) is 4.96 Å². The Morgan fingerprint density at radius 2 is 2.12 bits per heavy atom. The van der Waals surface area contributed by atoms with Gasteiger partial charge in [0, 0.05) is 29.2 Å². The van der Waals surface area contributed by atoms with Crippen LogP contribution >= 0.6 is 23.1 Å². The van der Waals surface area contributed by atoms with Crippen LogP contribution in [0.3, 0.4) is 0 Å². The van der Waals surface area contributed by atoms with Gasteiger partial charge in [-0.05, 0) is 36.4 Å². The summed E-state index contributed by atoms with van der Waals surface area (Å²) in [6.45, 7) is 0.457. The third kappa shape index (κ3) is 3.82. The summed E-state index contributed by atoms with van der Waals surface area (Å²) in [5.74, 6) is 0.112. The van der Waals surface area contributed by atoms with Crippen molar-refractivity contribution in [2.24, 2.45) is 0 Å². The molecule has 3 rings (SSSR count). The Morgan fingerprint density at radius 3 is 2.92 bits per heavy atom. The molecule has 1 N–H and O–H groups in total. The van der Waals surface area contributed by atoms with Gasteiger partial charge in [-0.15, -0.1) is 23.1 Å². The number of carbonyl (C=O) groups excluding carboxylic acids is 1. The van der Waals surface area contributed by atoms with Crippen molar-refractivity contribution < 1.29 is 9.18 Å². The number of benzene rings is 1. The zero-order chi connectivity index (χ0) is 16.9. The fourth-order valence-electron chi connectivity index (χ4n) is 2.07. The Morgan fingerprint density at radius 1 is 1.33 bits per heavy atom. The fourth-order valence-corrected chi connectivity index (χ4v) is 3.60. The van der Waals surface area contributed by atoms with Gasteiger partial charge in [0.05, 0.1) is 0 Å². The predicted octanol–water partition coefficient (Wildman–Crippen LogP) is 2.81. The second kappa shape index (κ2) is 7.59. The van der Waals surface area contributed by atoms with Crippen LogP contribution in [0, 0.1) is 5.82 Å². The molecule has 0 unspecified atom stereocenters. The molecule has 0 aliphatic heterocycles. The van der Waals surface area contributed by atoms with Crippen LogP contribution in [0.1, 0.15) is 16.8 Å². The Balaban J connectivity index is 1.49. The lowest BCUT2D eigenvalue weighted by molar-refractivity contribution is 0.0952. The highest BCUT2D eigenvalue weighted by Gasteiger charge is 2.13. The van der Waals surface area contributed by atoms with E-state index in [9.17, 15) is 14.0 Å². The molecule has 0 fully saturated rings. The lowest BCUT2D eigenvalue weighted by Crippen LogP contribution is -2.31. The highest BCUT2D eigenvalue weighted by atomic mass is 32.2. The number of hydrogen-bond acceptors (Lipinski definition) is 5.